The smallest absolute Gasteiger partial charge is 0.241 e. The highest BCUT2D eigenvalue weighted by atomic mass is 28.4. The molecular formula is C10H20OSi2. The zero-order chi connectivity index (χ0) is 10.2. The van der Waals surface area contributed by atoms with Crippen LogP contribution in [-0.4, -0.2) is 18.6 Å². The molecule has 0 aromatic heterocycles. The van der Waals surface area contributed by atoms with E-state index in [-0.39, 0.29) is 0 Å². The fourth-order valence-corrected chi connectivity index (χ4v) is 3.90. The summed E-state index contributed by atoms with van der Waals surface area (Å²) in [4.78, 5) is 0. The molecule has 1 rings (SSSR count). The van der Waals surface area contributed by atoms with Gasteiger partial charge in [-0.15, -0.1) is 0 Å². The summed E-state index contributed by atoms with van der Waals surface area (Å²) >= 11 is 0. The van der Waals surface area contributed by atoms with Crippen molar-refractivity contribution in [3.8, 4) is 0 Å². The lowest BCUT2D eigenvalue weighted by molar-refractivity contribution is 0.410. The molecule has 13 heavy (non-hydrogen) atoms. The molecule has 0 radical (unpaired) electrons. The first-order chi connectivity index (χ1) is 5.81. The van der Waals surface area contributed by atoms with Crippen LogP contribution in [0, 0.1) is 0 Å². The molecule has 0 saturated heterocycles. The van der Waals surface area contributed by atoms with Crippen LogP contribution in [0.3, 0.4) is 0 Å². The zero-order valence-corrected chi connectivity index (χ0v) is 12.6. The standard InChI is InChI=1S/C10H20OSi2/c1-7-6-9(12)10(8(7)2)11-13(3,4)5/h6,9H,1-5,12H3. The summed E-state index contributed by atoms with van der Waals surface area (Å²) in [7, 11) is -0.236. The molecular weight excluding hydrogens is 192 g/mol. The third-order valence-electron chi connectivity index (χ3n) is 2.29. The summed E-state index contributed by atoms with van der Waals surface area (Å²) in [6.45, 7) is 11.1. The Balaban J connectivity index is 2.83. The molecule has 0 amide bonds. The van der Waals surface area contributed by atoms with Gasteiger partial charge in [0.1, 0.15) is 0 Å². The van der Waals surface area contributed by atoms with Crippen molar-refractivity contribution in [1.82, 2.24) is 0 Å². The quantitative estimate of drug-likeness (QED) is 0.638. The second-order valence-electron chi connectivity index (χ2n) is 4.84. The maximum absolute atomic E-state index is 6.09. The van der Waals surface area contributed by atoms with Gasteiger partial charge in [-0.3, -0.25) is 0 Å². The second kappa shape index (κ2) is 3.46. The van der Waals surface area contributed by atoms with Crippen LogP contribution in [-0.2, 0) is 4.43 Å². The minimum absolute atomic E-state index is 0.617. The highest BCUT2D eigenvalue weighted by Gasteiger charge is 2.25. The van der Waals surface area contributed by atoms with Gasteiger partial charge in [-0.05, 0) is 44.6 Å². The number of hydrogen-bond donors (Lipinski definition) is 0. The summed E-state index contributed by atoms with van der Waals surface area (Å²) in [5.41, 5.74) is 3.41. The van der Waals surface area contributed by atoms with Crippen molar-refractivity contribution in [1.29, 1.82) is 0 Å². The monoisotopic (exact) mass is 212 g/mol. The molecule has 0 aromatic carbocycles. The lowest BCUT2D eigenvalue weighted by atomic mass is 10.2. The van der Waals surface area contributed by atoms with Gasteiger partial charge in [0.2, 0.25) is 8.32 Å². The van der Waals surface area contributed by atoms with Crippen LogP contribution >= 0.6 is 0 Å². The van der Waals surface area contributed by atoms with E-state index in [1.165, 1.54) is 27.1 Å². The molecule has 0 bridgehead atoms. The van der Waals surface area contributed by atoms with Crippen LogP contribution in [0.2, 0.25) is 25.2 Å². The first-order valence-corrected chi connectivity index (χ1v) is 9.46. The Bertz CT molecular complexity index is 271. The minimum atomic E-state index is -1.40. The lowest BCUT2D eigenvalue weighted by Gasteiger charge is -2.23. The largest absolute Gasteiger partial charge is 0.547 e. The molecule has 1 nitrogen and oxygen atoms in total. The predicted molar refractivity (Wildman–Crippen MR) is 64.6 cm³/mol. The van der Waals surface area contributed by atoms with Gasteiger partial charge < -0.3 is 4.43 Å². The Morgan fingerprint density at radius 1 is 1.31 bits per heavy atom. The van der Waals surface area contributed by atoms with E-state index >= 15 is 0 Å². The average Bonchev–Trinajstić information content (AvgIpc) is 2.14. The highest BCUT2D eigenvalue weighted by molar-refractivity contribution is 6.70. The van der Waals surface area contributed by atoms with E-state index in [0.29, 0.717) is 5.54 Å². The van der Waals surface area contributed by atoms with Gasteiger partial charge in [0.25, 0.3) is 0 Å². The van der Waals surface area contributed by atoms with Crippen molar-refractivity contribution in [2.45, 2.75) is 39.0 Å². The molecule has 0 heterocycles. The van der Waals surface area contributed by atoms with Gasteiger partial charge in [0.05, 0.1) is 5.76 Å². The van der Waals surface area contributed by atoms with Crippen LogP contribution in [0.15, 0.2) is 23.0 Å². The molecule has 1 atom stereocenters. The SMILES string of the molecule is CC1=CC([SiH3])C(O[Si](C)(C)C)=C1C. The Labute approximate surface area is 85.4 Å². The fourth-order valence-electron chi connectivity index (χ4n) is 1.61. The molecule has 0 aromatic rings. The zero-order valence-electron chi connectivity index (χ0n) is 9.56. The van der Waals surface area contributed by atoms with E-state index in [2.05, 4.69) is 39.6 Å². The van der Waals surface area contributed by atoms with Crippen molar-refractivity contribution in [3.05, 3.63) is 23.0 Å². The van der Waals surface area contributed by atoms with Crippen LogP contribution < -0.4 is 0 Å². The molecule has 3 heteroatoms. The van der Waals surface area contributed by atoms with Gasteiger partial charge in [0.15, 0.2) is 0 Å². The van der Waals surface area contributed by atoms with Crippen LogP contribution in [0.5, 0.6) is 0 Å². The molecule has 1 aliphatic rings. The molecule has 1 unspecified atom stereocenters. The third-order valence-corrected chi connectivity index (χ3v) is 3.98. The van der Waals surface area contributed by atoms with E-state index in [4.69, 9.17) is 4.43 Å². The average molecular weight is 212 g/mol. The summed E-state index contributed by atoms with van der Waals surface area (Å²) in [6, 6.07) is 0. The summed E-state index contributed by atoms with van der Waals surface area (Å²) in [5.74, 6) is 1.27. The first-order valence-electron chi connectivity index (χ1n) is 4.90. The highest BCUT2D eigenvalue weighted by Crippen LogP contribution is 2.35. The van der Waals surface area contributed by atoms with E-state index in [9.17, 15) is 0 Å². The van der Waals surface area contributed by atoms with Crippen molar-refractivity contribution < 1.29 is 4.43 Å². The van der Waals surface area contributed by atoms with E-state index in [0.717, 1.165) is 0 Å². The molecule has 0 fully saturated rings. The van der Waals surface area contributed by atoms with Gasteiger partial charge in [-0.2, -0.15) is 0 Å². The third kappa shape index (κ3) is 2.58. The van der Waals surface area contributed by atoms with Gasteiger partial charge in [0, 0.05) is 15.8 Å². The Hall–Kier alpha value is -0.286. The van der Waals surface area contributed by atoms with Gasteiger partial charge in [-0.25, -0.2) is 0 Å². The summed E-state index contributed by atoms with van der Waals surface area (Å²) < 4.78 is 6.09. The summed E-state index contributed by atoms with van der Waals surface area (Å²) in [5, 5.41) is 0. The molecule has 0 N–H and O–H groups in total. The predicted octanol–water partition coefficient (Wildman–Crippen LogP) is 2.23. The van der Waals surface area contributed by atoms with Crippen molar-refractivity contribution in [2.24, 2.45) is 0 Å². The van der Waals surface area contributed by atoms with Crippen LogP contribution in [0.1, 0.15) is 13.8 Å². The van der Waals surface area contributed by atoms with Gasteiger partial charge in [-0.1, -0.05) is 6.08 Å². The summed E-state index contributed by atoms with van der Waals surface area (Å²) in [6.07, 6.45) is 2.34. The van der Waals surface area contributed by atoms with Crippen LogP contribution in [0.4, 0.5) is 0 Å². The van der Waals surface area contributed by atoms with E-state index in [1.807, 2.05) is 0 Å². The second-order valence-corrected chi connectivity index (χ2v) is 10.5. The Morgan fingerprint density at radius 3 is 2.15 bits per heavy atom. The van der Waals surface area contributed by atoms with Gasteiger partial charge >= 0.3 is 0 Å². The number of allylic oxidation sites excluding steroid dienone is 3. The topological polar surface area (TPSA) is 9.23 Å². The maximum Gasteiger partial charge on any atom is 0.241 e. The van der Waals surface area contributed by atoms with E-state index < -0.39 is 8.32 Å². The number of rotatable bonds is 2. The first kappa shape index (κ1) is 10.8. The Kier molecular flexibility index (Phi) is 2.87. The fraction of sp³-hybridized carbons (Fsp3) is 0.600. The lowest BCUT2D eigenvalue weighted by Crippen LogP contribution is -2.25. The number of hydrogen-bond acceptors (Lipinski definition) is 1. The van der Waals surface area contributed by atoms with Crippen molar-refractivity contribution in [3.63, 3.8) is 0 Å². The van der Waals surface area contributed by atoms with E-state index in [1.54, 1.807) is 0 Å². The van der Waals surface area contributed by atoms with Crippen LogP contribution in [0.25, 0.3) is 0 Å². The minimum Gasteiger partial charge on any atom is -0.547 e. The molecule has 1 aliphatic carbocycles. The normalized spacial score (nSPS) is 23.8. The van der Waals surface area contributed by atoms with Crippen molar-refractivity contribution in [2.75, 3.05) is 0 Å². The molecule has 74 valence electrons. The molecule has 0 saturated carbocycles. The molecule has 0 aliphatic heterocycles. The van der Waals surface area contributed by atoms with Crippen molar-refractivity contribution >= 4 is 18.6 Å². The maximum atomic E-state index is 6.09. The Morgan fingerprint density at radius 2 is 1.85 bits per heavy atom. The molecule has 0 spiro atoms.